The summed E-state index contributed by atoms with van der Waals surface area (Å²) in [7, 11) is 0. The topological polar surface area (TPSA) is 85.0 Å². The average Bonchev–Trinajstić information content (AvgIpc) is 2.77. The number of hydrogen-bond acceptors (Lipinski definition) is 5. The number of rotatable bonds is 4. The van der Waals surface area contributed by atoms with Crippen molar-refractivity contribution in [2.45, 2.75) is 26.1 Å². The van der Waals surface area contributed by atoms with Crippen molar-refractivity contribution in [3.05, 3.63) is 65.7 Å². The predicted molar refractivity (Wildman–Crippen MR) is 100 cm³/mol. The largest absolute Gasteiger partial charge is 0.464 e. The van der Waals surface area contributed by atoms with Gasteiger partial charge in [-0.05, 0) is 19.9 Å². The summed E-state index contributed by atoms with van der Waals surface area (Å²) in [6.45, 7) is 3.60. The molecule has 3 rings (SSSR count). The maximum Gasteiger partial charge on any atom is 0.328 e. The number of para-hydroxylation sites is 1. The van der Waals surface area contributed by atoms with Crippen LogP contribution in [0.4, 0.5) is 5.69 Å². The number of carbonyl (C=O) groups is 2. The van der Waals surface area contributed by atoms with Crippen LogP contribution >= 0.6 is 0 Å². The monoisotopic (exact) mass is 351 g/mol. The van der Waals surface area contributed by atoms with Gasteiger partial charge in [0, 0.05) is 11.1 Å². The highest BCUT2D eigenvalue weighted by molar-refractivity contribution is 6.20. The molecule has 26 heavy (non-hydrogen) atoms. The van der Waals surface area contributed by atoms with Gasteiger partial charge in [-0.3, -0.25) is 14.7 Å². The highest BCUT2D eigenvalue weighted by Gasteiger charge is 2.36. The van der Waals surface area contributed by atoms with Gasteiger partial charge in [0.05, 0.1) is 18.0 Å². The van der Waals surface area contributed by atoms with Crippen molar-refractivity contribution in [2.24, 2.45) is 10.7 Å². The summed E-state index contributed by atoms with van der Waals surface area (Å²) in [5.41, 5.74) is 8.88. The van der Waals surface area contributed by atoms with E-state index in [4.69, 9.17) is 10.5 Å². The van der Waals surface area contributed by atoms with Crippen LogP contribution in [0.5, 0.6) is 0 Å². The average molecular weight is 351 g/mol. The van der Waals surface area contributed by atoms with Crippen LogP contribution in [0.25, 0.3) is 0 Å². The molecular weight excluding hydrogens is 330 g/mol. The van der Waals surface area contributed by atoms with Crippen LogP contribution in [0.3, 0.4) is 0 Å². The number of nitrogens with two attached hydrogens (primary N) is 1. The predicted octanol–water partition coefficient (Wildman–Crippen LogP) is 2.11. The molecule has 1 aliphatic rings. The quantitative estimate of drug-likeness (QED) is 0.855. The molecule has 2 aromatic rings. The lowest BCUT2D eigenvalue weighted by atomic mass is 10.00. The van der Waals surface area contributed by atoms with Gasteiger partial charge in [-0.1, -0.05) is 48.5 Å². The molecule has 0 radical (unpaired) electrons. The molecule has 134 valence electrons. The second kappa shape index (κ2) is 7.49. The maximum absolute atomic E-state index is 12.9. The minimum atomic E-state index is -1.10. The molecule has 0 spiro atoms. The smallest absolute Gasteiger partial charge is 0.328 e. The number of nitrogens with zero attached hydrogens (tertiary/aromatic N) is 2. The number of fused-ring (bicyclic) bond motifs is 1. The third kappa shape index (κ3) is 3.23. The third-order valence-corrected chi connectivity index (χ3v) is 4.24. The van der Waals surface area contributed by atoms with Crippen molar-refractivity contribution in [3.8, 4) is 0 Å². The van der Waals surface area contributed by atoms with Crippen molar-refractivity contribution in [1.29, 1.82) is 0 Å². The minimum absolute atomic E-state index is 0.241. The Morgan fingerprint density at radius 2 is 1.85 bits per heavy atom. The molecule has 1 heterocycles. The molecule has 0 saturated carbocycles. The summed E-state index contributed by atoms with van der Waals surface area (Å²) in [6.07, 6.45) is -1.10. The first kappa shape index (κ1) is 17.8. The normalized spacial score (nSPS) is 17.8. The summed E-state index contributed by atoms with van der Waals surface area (Å²) in [5.74, 6) is -0.921. The Bertz CT molecular complexity index is 848. The van der Waals surface area contributed by atoms with Gasteiger partial charge in [-0.2, -0.15) is 0 Å². The van der Waals surface area contributed by atoms with Gasteiger partial charge >= 0.3 is 5.97 Å². The fraction of sp³-hybridized carbons (Fsp3) is 0.250. The Hall–Kier alpha value is -2.99. The van der Waals surface area contributed by atoms with Crippen LogP contribution in [0.2, 0.25) is 0 Å². The Balaban J connectivity index is 2.15. The highest BCUT2D eigenvalue weighted by Crippen LogP contribution is 2.29. The first-order valence-corrected chi connectivity index (χ1v) is 8.52. The van der Waals surface area contributed by atoms with E-state index in [9.17, 15) is 9.59 Å². The fourth-order valence-corrected chi connectivity index (χ4v) is 3.00. The van der Waals surface area contributed by atoms with Crippen LogP contribution in [-0.4, -0.2) is 36.4 Å². The van der Waals surface area contributed by atoms with Gasteiger partial charge in [0.1, 0.15) is 6.04 Å². The van der Waals surface area contributed by atoms with Gasteiger partial charge < -0.3 is 10.5 Å². The summed E-state index contributed by atoms with van der Waals surface area (Å²) < 4.78 is 5.10. The zero-order valence-corrected chi connectivity index (χ0v) is 14.8. The van der Waals surface area contributed by atoms with E-state index in [0.717, 1.165) is 11.1 Å². The second-order valence-electron chi connectivity index (χ2n) is 5.94. The summed E-state index contributed by atoms with van der Waals surface area (Å²) in [6, 6.07) is 16.1. The van der Waals surface area contributed by atoms with Gasteiger partial charge in [-0.25, -0.2) is 4.79 Å². The molecule has 2 aromatic carbocycles. The SMILES string of the molecule is CCOC(=O)C(C)N1C(=O)C(N)N=C(c2ccccc2)c2ccccc21. The second-order valence-corrected chi connectivity index (χ2v) is 5.94. The van der Waals surface area contributed by atoms with Crippen molar-refractivity contribution in [3.63, 3.8) is 0 Å². The van der Waals surface area contributed by atoms with Crippen LogP contribution in [0, 0.1) is 0 Å². The fourth-order valence-electron chi connectivity index (χ4n) is 3.00. The lowest BCUT2D eigenvalue weighted by Crippen LogP contribution is -2.50. The van der Waals surface area contributed by atoms with Gasteiger partial charge in [0.25, 0.3) is 5.91 Å². The van der Waals surface area contributed by atoms with E-state index >= 15 is 0 Å². The zero-order valence-electron chi connectivity index (χ0n) is 14.8. The molecule has 6 heteroatoms. The first-order valence-electron chi connectivity index (χ1n) is 8.52. The number of amides is 1. The number of ether oxygens (including phenoxy) is 1. The Kier molecular flexibility index (Phi) is 5.14. The standard InChI is InChI=1S/C20H21N3O3/c1-3-26-20(25)13(2)23-16-12-8-7-11-15(16)17(22-18(21)19(23)24)14-9-5-4-6-10-14/h4-13,18H,3,21H2,1-2H3. The molecule has 2 atom stereocenters. The van der Waals surface area contributed by atoms with E-state index < -0.39 is 24.1 Å². The van der Waals surface area contributed by atoms with Crippen LogP contribution in [-0.2, 0) is 14.3 Å². The number of aliphatic imine (C=N–C) groups is 1. The molecule has 0 aromatic heterocycles. The maximum atomic E-state index is 12.9. The van der Waals surface area contributed by atoms with E-state index in [1.165, 1.54) is 4.90 Å². The van der Waals surface area contributed by atoms with Gasteiger partial charge in [0.15, 0.2) is 6.17 Å². The minimum Gasteiger partial charge on any atom is -0.464 e. The van der Waals surface area contributed by atoms with Crippen LogP contribution < -0.4 is 10.6 Å². The molecule has 1 aliphatic heterocycles. The molecule has 1 amide bonds. The van der Waals surface area contributed by atoms with Crippen molar-refractivity contribution < 1.29 is 14.3 Å². The Labute approximate surface area is 152 Å². The van der Waals surface area contributed by atoms with E-state index in [2.05, 4.69) is 4.99 Å². The van der Waals surface area contributed by atoms with Crippen molar-refractivity contribution in [2.75, 3.05) is 11.5 Å². The third-order valence-electron chi connectivity index (χ3n) is 4.24. The summed E-state index contributed by atoms with van der Waals surface area (Å²) in [5, 5.41) is 0. The highest BCUT2D eigenvalue weighted by atomic mass is 16.5. The van der Waals surface area contributed by atoms with Crippen molar-refractivity contribution >= 4 is 23.3 Å². The van der Waals surface area contributed by atoms with Crippen LogP contribution in [0.1, 0.15) is 25.0 Å². The van der Waals surface area contributed by atoms with E-state index in [1.807, 2.05) is 48.5 Å². The molecular formula is C20H21N3O3. The molecule has 0 bridgehead atoms. The molecule has 0 aliphatic carbocycles. The summed E-state index contributed by atoms with van der Waals surface area (Å²) in [4.78, 5) is 31.0. The molecule has 0 saturated heterocycles. The van der Waals surface area contributed by atoms with E-state index in [1.54, 1.807) is 19.9 Å². The lowest BCUT2D eigenvalue weighted by Gasteiger charge is -2.28. The first-order chi connectivity index (χ1) is 12.5. The molecule has 2 unspecified atom stereocenters. The number of anilines is 1. The van der Waals surface area contributed by atoms with E-state index in [-0.39, 0.29) is 6.61 Å². The molecule has 2 N–H and O–H groups in total. The number of esters is 1. The summed E-state index contributed by atoms with van der Waals surface area (Å²) >= 11 is 0. The van der Waals surface area contributed by atoms with E-state index in [0.29, 0.717) is 11.4 Å². The van der Waals surface area contributed by atoms with Gasteiger partial charge in [0.2, 0.25) is 0 Å². The zero-order chi connectivity index (χ0) is 18.7. The number of benzodiazepines with no additional fused rings is 1. The molecule has 0 fully saturated rings. The Morgan fingerprint density at radius 1 is 1.19 bits per heavy atom. The lowest BCUT2D eigenvalue weighted by molar-refractivity contribution is -0.145. The van der Waals surface area contributed by atoms with Crippen molar-refractivity contribution in [1.82, 2.24) is 0 Å². The Morgan fingerprint density at radius 3 is 2.54 bits per heavy atom. The molecule has 6 nitrogen and oxygen atoms in total. The van der Waals surface area contributed by atoms with Crippen LogP contribution in [0.15, 0.2) is 59.6 Å². The number of hydrogen-bond donors (Lipinski definition) is 1. The number of carbonyl (C=O) groups excluding carboxylic acids is 2. The van der Waals surface area contributed by atoms with Gasteiger partial charge in [-0.15, -0.1) is 0 Å². The number of benzene rings is 2.